The Morgan fingerprint density at radius 1 is 0.971 bits per heavy atom. The van der Waals surface area contributed by atoms with E-state index in [9.17, 15) is 19.2 Å². The third-order valence-electron chi connectivity index (χ3n) is 4.95. The van der Waals surface area contributed by atoms with Crippen molar-refractivity contribution in [2.45, 2.75) is 32.0 Å². The minimum Gasteiger partial charge on any atom is -0.463 e. The Kier molecular flexibility index (Phi) is 8.16. The molecule has 1 N–H and O–H groups in total. The summed E-state index contributed by atoms with van der Waals surface area (Å²) in [5, 5.41) is 13.4. The van der Waals surface area contributed by atoms with Crippen molar-refractivity contribution in [1.29, 1.82) is 0 Å². The Morgan fingerprint density at radius 2 is 1.59 bits per heavy atom. The molecule has 0 aliphatic carbocycles. The number of carbonyl (C=O) groups excluding carboxylic acids is 4. The number of alkyl carbamates (subject to hydrolysis) is 1. The van der Waals surface area contributed by atoms with Crippen LogP contribution in [-0.2, 0) is 32.1 Å². The average Bonchev–Trinajstić information content (AvgIpc) is 3.36. The summed E-state index contributed by atoms with van der Waals surface area (Å²) in [6.07, 6.45) is -0.692. The van der Waals surface area contributed by atoms with Crippen LogP contribution in [0.2, 0.25) is 0 Å². The van der Waals surface area contributed by atoms with Gasteiger partial charge in [-0.25, -0.2) is 14.3 Å². The van der Waals surface area contributed by atoms with Crippen LogP contribution < -0.4 is 5.32 Å². The molecular formula is C23H23N5O6. The fourth-order valence-corrected chi connectivity index (χ4v) is 3.12. The topological polar surface area (TPSA) is 142 Å². The number of nitrogens with zero attached hydrogens (tertiary/aromatic N) is 4. The van der Waals surface area contributed by atoms with Crippen LogP contribution >= 0.6 is 0 Å². The number of nitrogens with one attached hydrogen (secondary N) is 1. The normalized spacial score (nSPS) is 12.3. The van der Waals surface area contributed by atoms with Crippen molar-refractivity contribution >= 4 is 23.6 Å². The molecule has 0 aliphatic heterocycles. The van der Waals surface area contributed by atoms with Crippen LogP contribution in [0.25, 0.3) is 0 Å². The first-order valence-corrected chi connectivity index (χ1v) is 10.4. The average molecular weight is 465 g/mol. The highest BCUT2D eigenvalue weighted by Gasteiger charge is 2.33. The van der Waals surface area contributed by atoms with Crippen molar-refractivity contribution < 1.29 is 28.7 Å². The SMILES string of the molecule is COC(=O)C(=O)[C@H](C)n1nnnc1C(=O)[C@H](Cc1ccccc1)NC(=O)OCc1ccccc1. The maximum absolute atomic E-state index is 13.3. The van der Waals surface area contributed by atoms with Crippen LogP contribution in [0.4, 0.5) is 4.79 Å². The van der Waals surface area contributed by atoms with Crippen LogP contribution in [0.1, 0.15) is 34.7 Å². The highest BCUT2D eigenvalue weighted by Crippen LogP contribution is 2.13. The molecule has 1 aromatic heterocycles. The molecule has 1 amide bonds. The fourth-order valence-electron chi connectivity index (χ4n) is 3.12. The van der Waals surface area contributed by atoms with Crippen molar-refractivity contribution in [2.24, 2.45) is 0 Å². The zero-order valence-corrected chi connectivity index (χ0v) is 18.6. The summed E-state index contributed by atoms with van der Waals surface area (Å²) in [6, 6.07) is 15.8. The maximum atomic E-state index is 13.3. The van der Waals surface area contributed by atoms with Gasteiger partial charge in [-0.1, -0.05) is 60.7 Å². The molecule has 0 spiro atoms. The standard InChI is InChI=1S/C23H23N5O6/c1-15(19(29)22(31)33-2)28-21(25-26-27-28)20(30)18(13-16-9-5-3-6-10-16)24-23(32)34-14-17-11-7-4-8-12-17/h3-12,15,18H,13-14H2,1-2H3,(H,24,32)/t15-,18-/m0/s1. The van der Waals surface area contributed by atoms with Crippen molar-refractivity contribution in [3.63, 3.8) is 0 Å². The minimum absolute atomic E-state index is 0.0152. The number of Topliss-reactive ketones (excluding diaryl/α,β-unsaturated/α-hetero) is 2. The van der Waals surface area contributed by atoms with Gasteiger partial charge in [0.25, 0.3) is 5.78 Å². The second-order valence-corrected chi connectivity index (χ2v) is 7.29. The Labute approximate surface area is 195 Å². The van der Waals surface area contributed by atoms with Crippen LogP contribution in [-0.4, -0.2) is 57.0 Å². The zero-order valence-electron chi connectivity index (χ0n) is 18.6. The predicted octanol–water partition coefficient (Wildman–Crippen LogP) is 1.70. The minimum atomic E-state index is -1.19. The van der Waals surface area contributed by atoms with Crippen LogP contribution in [0, 0.1) is 0 Å². The summed E-state index contributed by atoms with van der Waals surface area (Å²) in [5.74, 6) is -2.98. The molecule has 0 bridgehead atoms. The van der Waals surface area contributed by atoms with Gasteiger partial charge in [-0.05, 0) is 28.5 Å². The molecule has 34 heavy (non-hydrogen) atoms. The van der Waals surface area contributed by atoms with Crippen LogP contribution in [0.5, 0.6) is 0 Å². The van der Waals surface area contributed by atoms with Crippen molar-refractivity contribution in [2.75, 3.05) is 7.11 Å². The lowest BCUT2D eigenvalue weighted by atomic mass is 10.0. The molecule has 0 aliphatic rings. The van der Waals surface area contributed by atoms with Gasteiger partial charge in [-0.3, -0.25) is 9.59 Å². The molecule has 11 heteroatoms. The summed E-state index contributed by atoms with van der Waals surface area (Å²) in [4.78, 5) is 49.7. The van der Waals surface area contributed by atoms with E-state index in [2.05, 4.69) is 25.6 Å². The fraction of sp³-hybridized carbons (Fsp3) is 0.261. The summed E-state index contributed by atoms with van der Waals surface area (Å²) in [5.41, 5.74) is 1.55. The number of tetrazole rings is 1. The molecular weight excluding hydrogens is 442 g/mol. The molecule has 0 saturated heterocycles. The first kappa shape index (κ1) is 24.2. The number of esters is 1. The maximum Gasteiger partial charge on any atom is 0.408 e. The van der Waals surface area contributed by atoms with E-state index in [0.717, 1.165) is 22.9 Å². The largest absolute Gasteiger partial charge is 0.463 e. The number of ether oxygens (including phenoxy) is 2. The molecule has 0 saturated carbocycles. The van der Waals surface area contributed by atoms with E-state index in [1.807, 2.05) is 24.3 Å². The highest BCUT2D eigenvalue weighted by atomic mass is 16.5. The molecule has 3 rings (SSSR count). The second kappa shape index (κ2) is 11.5. The second-order valence-electron chi connectivity index (χ2n) is 7.29. The van der Waals surface area contributed by atoms with Gasteiger partial charge < -0.3 is 14.8 Å². The molecule has 176 valence electrons. The summed E-state index contributed by atoms with van der Waals surface area (Å²) in [7, 11) is 1.07. The van der Waals surface area contributed by atoms with Gasteiger partial charge in [-0.15, -0.1) is 5.10 Å². The Morgan fingerprint density at radius 3 is 2.21 bits per heavy atom. The zero-order chi connectivity index (χ0) is 24.5. The van der Waals surface area contributed by atoms with E-state index in [4.69, 9.17) is 4.74 Å². The predicted molar refractivity (Wildman–Crippen MR) is 118 cm³/mol. The van der Waals surface area contributed by atoms with Crippen LogP contribution in [0.15, 0.2) is 60.7 Å². The lowest BCUT2D eigenvalue weighted by Gasteiger charge is -2.18. The van der Waals surface area contributed by atoms with E-state index in [-0.39, 0.29) is 18.9 Å². The number of amides is 1. The summed E-state index contributed by atoms with van der Waals surface area (Å²) >= 11 is 0. The van der Waals surface area contributed by atoms with Gasteiger partial charge in [0, 0.05) is 6.42 Å². The van der Waals surface area contributed by atoms with E-state index in [0.29, 0.717) is 0 Å². The lowest BCUT2D eigenvalue weighted by Crippen LogP contribution is -2.44. The summed E-state index contributed by atoms with van der Waals surface area (Å²) < 4.78 is 10.6. The Balaban J connectivity index is 1.80. The monoisotopic (exact) mass is 465 g/mol. The number of aromatic nitrogens is 4. The number of hydrogen-bond donors (Lipinski definition) is 1. The number of carbonyl (C=O) groups is 4. The number of ketones is 2. The van der Waals surface area contributed by atoms with Gasteiger partial charge >= 0.3 is 12.1 Å². The summed E-state index contributed by atoms with van der Waals surface area (Å²) in [6.45, 7) is 1.38. The third-order valence-corrected chi connectivity index (χ3v) is 4.95. The highest BCUT2D eigenvalue weighted by molar-refractivity contribution is 6.35. The third kappa shape index (κ3) is 6.09. The van der Waals surface area contributed by atoms with E-state index >= 15 is 0 Å². The Hall–Kier alpha value is -4.41. The number of benzene rings is 2. The molecule has 0 radical (unpaired) electrons. The molecule has 3 aromatic rings. The van der Waals surface area contributed by atoms with Crippen LogP contribution in [0.3, 0.4) is 0 Å². The van der Waals surface area contributed by atoms with Gasteiger partial charge in [0.05, 0.1) is 7.11 Å². The van der Waals surface area contributed by atoms with E-state index in [1.54, 1.807) is 36.4 Å². The smallest absolute Gasteiger partial charge is 0.408 e. The molecule has 0 fully saturated rings. The van der Waals surface area contributed by atoms with E-state index in [1.165, 1.54) is 6.92 Å². The number of methoxy groups -OCH3 is 1. The number of rotatable bonds is 10. The van der Waals surface area contributed by atoms with Crippen molar-refractivity contribution in [3.05, 3.63) is 77.6 Å². The van der Waals surface area contributed by atoms with Crippen molar-refractivity contribution in [1.82, 2.24) is 25.5 Å². The molecule has 11 nitrogen and oxygen atoms in total. The van der Waals surface area contributed by atoms with Gasteiger partial charge in [0.1, 0.15) is 18.7 Å². The quantitative estimate of drug-likeness (QED) is 0.269. The Bertz CT molecular complexity index is 1150. The first-order chi connectivity index (χ1) is 16.4. The molecule has 2 aromatic carbocycles. The molecule has 0 unspecified atom stereocenters. The van der Waals surface area contributed by atoms with Gasteiger partial charge in [0.2, 0.25) is 11.6 Å². The molecule has 2 atom stereocenters. The lowest BCUT2D eigenvalue weighted by molar-refractivity contribution is -0.153. The first-order valence-electron chi connectivity index (χ1n) is 10.4. The van der Waals surface area contributed by atoms with Gasteiger partial charge in [-0.2, -0.15) is 0 Å². The van der Waals surface area contributed by atoms with E-state index < -0.39 is 35.7 Å². The molecule has 1 heterocycles. The number of hydrogen-bond acceptors (Lipinski definition) is 9. The van der Waals surface area contributed by atoms with Gasteiger partial charge in [0.15, 0.2) is 0 Å². The van der Waals surface area contributed by atoms with Crippen molar-refractivity contribution in [3.8, 4) is 0 Å².